The summed E-state index contributed by atoms with van der Waals surface area (Å²) in [5, 5.41) is 16.4. The number of likely N-dealkylation sites (tertiary alicyclic amines) is 1. The van der Waals surface area contributed by atoms with Gasteiger partial charge in [0.25, 0.3) is 0 Å². The van der Waals surface area contributed by atoms with Crippen molar-refractivity contribution in [3.8, 4) is 0 Å². The molecule has 0 bridgehead atoms. The van der Waals surface area contributed by atoms with Crippen LogP contribution < -0.4 is 0 Å². The van der Waals surface area contributed by atoms with Crippen molar-refractivity contribution in [2.45, 2.75) is 46.5 Å². The van der Waals surface area contributed by atoms with E-state index in [2.05, 4.69) is 10.2 Å². The number of aliphatic carboxylic acids is 1. The van der Waals surface area contributed by atoms with Gasteiger partial charge in [0.15, 0.2) is 0 Å². The molecule has 0 unspecified atom stereocenters. The van der Waals surface area contributed by atoms with Crippen molar-refractivity contribution in [1.82, 2.24) is 15.1 Å². The van der Waals surface area contributed by atoms with E-state index in [1.807, 2.05) is 20.8 Å². The molecule has 0 saturated carbocycles. The number of H-pyrrole nitrogens is 1. The van der Waals surface area contributed by atoms with E-state index in [4.69, 9.17) is 0 Å². The van der Waals surface area contributed by atoms with Gasteiger partial charge in [-0.15, -0.1) is 0 Å². The van der Waals surface area contributed by atoms with E-state index < -0.39 is 11.4 Å². The third-order valence-electron chi connectivity index (χ3n) is 4.81. The molecule has 6 heteroatoms. The molecule has 1 aromatic heterocycles. The van der Waals surface area contributed by atoms with Crippen molar-refractivity contribution >= 4 is 11.9 Å². The van der Waals surface area contributed by atoms with Crippen molar-refractivity contribution in [3.63, 3.8) is 0 Å². The van der Waals surface area contributed by atoms with E-state index >= 15 is 0 Å². The number of aromatic amines is 1. The summed E-state index contributed by atoms with van der Waals surface area (Å²) in [6.45, 7) is 6.74. The maximum Gasteiger partial charge on any atom is 0.309 e. The number of carbonyl (C=O) groups is 2. The van der Waals surface area contributed by atoms with Crippen molar-refractivity contribution < 1.29 is 14.7 Å². The van der Waals surface area contributed by atoms with E-state index in [9.17, 15) is 14.7 Å². The van der Waals surface area contributed by atoms with Gasteiger partial charge in [-0.25, -0.2) is 0 Å². The number of carboxylic acids is 1. The first kappa shape index (κ1) is 15.5. The van der Waals surface area contributed by atoms with E-state index in [1.54, 1.807) is 4.90 Å². The molecule has 2 rings (SSSR count). The Balaban J connectivity index is 1.99. The molecule has 116 valence electrons. The van der Waals surface area contributed by atoms with Gasteiger partial charge in [0.1, 0.15) is 0 Å². The van der Waals surface area contributed by atoms with Crippen molar-refractivity contribution in [3.05, 3.63) is 17.0 Å². The summed E-state index contributed by atoms with van der Waals surface area (Å²) in [5.41, 5.74) is 2.07. The zero-order valence-corrected chi connectivity index (χ0v) is 12.9. The van der Waals surface area contributed by atoms with Gasteiger partial charge < -0.3 is 10.0 Å². The number of rotatable bonds is 4. The molecule has 1 aromatic rings. The molecule has 21 heavy (non-hydrogen) atoms. The molecule has 0 radical (unpaired) electrons. The Morgan fingerprint density at radius 3 is 2.38 bits per heavy atom. The summed E-state index contributed by atoms with van der Waals surface area (Å²) in [5.74, 6) is -0.684. The Bertz CT molecular complexity index is 523. The molecule has 0 aromatic carbocycles. The molecule has 1 aliphatic heterocycles. The van der Waals surface area contributed by atoms with Gasteiger partial charge in [0.2, 0.25) is 5.91 Å². The predicted molar refractivity (Wildman–Crippen MR) is 77.9 cm³/mol. The second-order valence-electron chi connectivity index (χ2n) is 5.91. The Morgan fingerprint density at radius 1 is 1.33 bits per heavy atom. The van der Waals surface area contributed by atoms with Crippen LogP contribution in [0.15, 0.2) is 0 Å². The standard InChI is InChI=1S/C15H23N3O3/c1-4-15(14(20)21)5-7-18(8-6-15)13(19)9-12-10(2)16-17-11(12)3/h4-9H2,1-3H3,(H,16,17)(H,20,21). The highest BCUT2D eigenvalue weighted by Crippen LogP contribution is 2.35. The summed E-state index contributed by atoms with van der Waals surface area (Å²) < 4.78 is 0. The van der Waals surface area contributed by atoms with Crippen molar-refractivity contribution in [2.24, 2.45) is 5.41 Å². The minimum absolute atomic E-state index is 0.0534. The number of piperidine rings is 1. The Hall–Kier alpha value is -1.85. The molecular weight excluding hydrogens is 270 g/mol. The van der Waals surface area contributed by atoms with E-state index in [0.717, 1.165) is 17.0 Å². The highest BCUT2D eigenvalue weighted by Gasteiger charge is 2.40. The van der Waals surface area contributed by atoms with Gasteiger partial charge in [-0.3, -0.25) is 14.7 Å². The average Bonchev–Trinajstić information content (AvgIpc) is 2.79. The van der Waals surface area contributed by atoms with Gasteiger partial charge in [0, 0.05) is 24.3 Å². The normalized spacial score (nSPS) is 17.8. The second kappa shape index (κ2) is 5.87. The van der Waals surface area contributed by atoms with Crippen LogP contribution in [-0.2, 0) is 16.0 Å². The van der Waals surface area contributed by atoms with Gasteiger partial charge in [-0.1, -0.05) is 6.92 Å². The first-order chi connectivity index (χ1) is 9.89. The second-order valence-corrected chi connectivity index (χ2v) is 5.91. The molecule has 1 aliphatic rings. The zero-order chi connectivity index (χ0) is 15.6. The summed E-state index contributed by atoms with van der Waals surface area (Å²) >= 11 is 0. The van der Waals surface area contributed by atoms with Crippen molar-refractivity contribution in [2.75, 3.05) is 13.1 Å². The van der Waals surface area contributed by atoms with Crippen LogP contribution in [0, 0.1) is 19.3 Å². The highest BCUT2D eigenvalue weighted by atomic mass is 16.4. The van der Waals surface area contributed by atoms with Crippen LogP contribution in [0.3, 0.4) is 0 Å². The largest absolute Gasteiger partial charge is 0.481 e. The summed E-state index contributed by atoms with van der Waals surface area (Å²) in [6.07, 6.45) is 2.02. The third kappa shape index (κ3) is 2.94. The lowest BCUT2D eigenvalue weighted by Crippen LogP contribution is -2.46. The maximum atomic E-state index is 12.4. The number of nitrogens with one attached hydrogen (secondary N) is 1. The van der Waals surface area contributed by atoms with E-state index in [0.29, 0.717) is 38.8 Å². The minimum Gasteiger partial charge on any atom is -0.481 e. The lowest BCUT2D eigenvalue weighted by molar-refractivity contribution is -0.154. The first-order valence-corrected chi connectivity index (χ1v) is 7.41. The molecule has 1 fully saturated rings. The summed E-state index contributed by atoms with van der Waals surface area (Å²) in [6, 6.07) is 0. The molecule has 2 N–H and O–H groups in total. The maximum absolute atomic E-state index is 12.4. The minimum atomic E-state index is -0.737. The molecule has 6 nitrogen and oxygen atoms in total. The molecule has 1 amide bonds. The quantitative estimate of drug-likeness (QED) is 0.884. The van der Waals surface area contributed by atoms with Crippen LogP contribution in [0.25, 0.3) is 0 Å². The van der Waals surface area contributed by atoms with E-state index in [-0.39, 0.29) is 5.91 Å². The smallest absolute Gasteiger partial charge is 0.309 e. The van der Waals surface area contributed by atoms with E-state index in [1.165, 1.54) is 0 Å². The van der Waals surface area contributed by atoms with Crippen LogP contribution in [0.5, 0.6) is 0 Å². The highest BCUT2D eigenvalue weighted by molar-refractivity contribution is 5.80. The van der Waals surface area contributed by atoms with Crippen LogP contribution in [-0.4, -0.2) is 45.2 Å². The number of nitrogens with zero attached hydrogens (tertiary/aromatic N) is 2. The fourth-order valence-electron chi connectivity index (χ4n) is 3.00. The van der Waals surface area contributed by atoms with Gasteiger partial charge in [-0.05, 0) is 33.1 Å². The van der Waals surface area contributed by atoms with Crippen LogP contribution in [0.2, 0.25) is 0 Å². The monoisotopic (exact) mass is 293 g/mol. The van der Waals surface area contributed by atoms with Crippen LogP contribution in [0.1, 0.15) is 43.1 Å². The van der Waals surface area contributed by atoms with Gasteiger partial charge in [0.05, 0.1) is 17.5 Å². The summed E-state index contributed by atoms with van der Waals surface area (Å²) in [7, 11) is 0. The third-order valence-corrected chi connectivity index (χ3v) is 4.81. The Morgan fingerprint density at radius 2 is 1.95 bits per heavy atom. The van der Waals surface area contributed by atoms with Crippen LogP contribution >= 0.6 is 0 Å². The number of hydrogen-bond donors (Lipinski definition) is 2. The summed E-state index contributed by atoms with van der Waals surface area (Å²) in [4.78, 5) is 25.6. The number of amides is 1. The molecule has 0 spiro atoms. The van der Waals surface area contributed by atoms with Gasteiger partial charge >= 0.3 is 5.97 Å². The molecule has 0 atom stereocenters. The average molecular weight is 293 g/mol. The number of aryl methyl sites for hydroxylation is 2. The Labute approximate surface area is 124 Å². The molecule has 2 heterocycles. The SMILES string of the molecule is CCC1(C(=O)O)CCN(C(=O)Cc2c(C)n[nH]c2C)CC1. The number of carbonyl (C=O) groups excluding carboxylic acids is 1. The number of aromatic nitrogens is 2. The molecular formula is C15H23N3O3. The predicted octanol–water partition coefficient (Wildman–Crippen LogP) is 1.67. The fourth-order valence-corrected chi connectivity index (χ4v) is 3.00. The number of carboxylic acid groups (broad SMARTS) is 1. The zero-order valence-electron chi connectivity index (χ0n) is 12.9. The fraction of sp³-hybridized carbons (Fsp3) is 0.667. The topological polar surface area (TPSA) is 86.3 Å². The van der Waals surface area contributed by atoms with Crippen LogP contribution in [0.4, 0.5) is 0 Å². The lowest BCUT2D eigenvalue weighted by Gasteiger charge is -2.38. The lowest BCUT2D eigenvalue weighted by atomic mass is 9.76. The molecule has 0 aliphatic carbocycles. The first-order valence-electron chi connectivity index (χ1n) is 7.41. The van der Waals surface area contributed by atoms with Gasteiger partial charge in [-0.2, -0.15) is 5.10 Å². The Kier molecular flexibility index (Phi) is 4.34. The molecule has 1 saturated heterocycles. The van der Waals surface area contributed by atoms with Crippen molar-refractivity contribution in [1.29, 1.82) is 0 Å². The number of hydrogen-bond acceptors (Lipinski definition) is 3.